The summed E-state index contributed by atoms with van der Waals surface area (Å²) < 4.78 is 20.1. The number of benzene rings is 1. The van der Waals surface area contributed by atoms with E-state index in [4.69, 9.17) is 4.74 Å². The molecule has 1 amide bonds. The van der Waals surface area contributed by atoms with Crippen molar-refractivity contribution in [3.05, 3.63) is 54.4 Å². The van der Waals surface area contributed by atoms with Gasteiger partial charge in [-0.25, -0.2) is 19.2 Å². The number of hydrogen-bond acceptors (Lipinski definition) is 5. The smallest absolute Gasteiger partial charge is 0.410 e. The first-order chi connectivity index (χ1) is 12.6. The van der Waals surface area contributed by atoms with Crippen LogP contribution in [0.15, 0.2) is 48.8 Å². The molecule has 1 unspecified atom stereocenters. The lowest BCUT2D eigenvalue weighted by Crippen LogP contribution is -2.52. The zero-order chi connectivity index (χ0) is 18.4. The number of hydrogen-bond donors (Lipinski definition) is 1. The molecule has 2 aromatic rings. The van der Waals surface area contributed by atoms with Gasteiger partial charge in [0.2, 0.25) is 5.95 Å². The van der Waals surface area contributed by atoms with E-state index in [1.807, 2.05) is 37.3 Å². The second kappa shape index (κ2) is 8.12. The Balaban J connectivity index is 1.49. The molecule has 6 nitrogen and oxygen atoms in total. The van der Waals surface area contributed by atoms with Crippen LogP contribution in [0.4, 0.5) is 15.1 Å². The molecule has 138 valence electrons. The topological polar surface area (TPSA) is 67.4 Å². The van der Waals surface area contributed by atoms with Crippen LogP contribution in [0.3, 0.4) is 0 Å². The molecule has 0 radical (unpaired) electrons. The largest absolute Gasteiger partial charge is 0.445 e. The van der Waals surface area contributed by atoms with Crippen LogP contribution in [-0.2, 0) is 11.3 Å². The molecule has 1 aliphatic rings. The Hall–Kier alpha value is -2.70. The third-order valence-electron chi connectivity index (χ3n) is 4.77. The third kappa shape index (κ3) is 4.47. The van der Waals surface area contributed by atoms with Crippen molar-refractivity contribution < 1.29 is 13.9 Å². The fourth-order valence-corrected chi connectivity index (χ4v) is 2.90. The molecular formula is C19H23FN4O2. The Kier molecular flexibility index (Phi) is 5.65. The predicted octanol–water partition coefficient (Wildman–Crippen LogP) is 3.28. The van der Waals surface area contributed by atoms with Gasteiger partial charge in [0.25, 0.3) is 0 Å². The summed E-state index contributed by atoms with van der Waals surface area (Å²) >= 11 is 0. The molecule has 0 spiro atoms. The number of aromatic nitrogens is 2. The van der Waals surface area contributed by atoms with E-state index in [1.165, 1.54) is 4.90 Å². The molecule has 1 aromatic heterocycles. The molecule has 26 heavy (non-hydrogen) atoms. The minimum atomic E-state index is -1.16. The molecule has 2 atom stereocenters. The van der Waals surface area contributed by atoms with Crippen LogP contribution in [0, 0.1) is 5.41 Å². The van der Waals surface area contributed by atoms with Gasteiger partial charge in [0.15, 0.2) is 0 Å². The molecule has 7 heteroatoms. The van der Waals surface area contributed by atoms with Gasteiger partial charge in [-0.05, 0) is 18.1 Å². The molecule has 1 aliphatic heterocycles. The van der Waals surface area contributed by atoms with E-state index < -0.39 is 17.7 Å². The van der Waals surface area contributed by atoms with Gasteiger partial charge < -0.3 is 15.0 Å². The highest BCUT2D eigenvalue weighted by atomic mass is 19.1. The molecule has 1 N–H and O–H groups in total. The summed E-state index contributed by atoms with van der Waals surface area (Å²) in [6.07, 6.45) is 2.18. The average molecular weight is 358 g/mol. The Bertz CT molecular complexity index is 716. The Morgan fingerprint density at radius 3 is 2.73 bits per heavy atom. The number of amides is 1. The monoisotopic (exact) mass is 358 g/mol. The van der Waals surface area contributed by atoms with E-state index >= 15 is 0 Å². The predicted molar refractivity (Wildman–Crippen MR) is 96.3 cm³/mol. The lowest BCUT2D eigenvalue weighted by atomic mass is 9.79. The summed E-state index contributed by atoms with van der Waals surface area (Å²) in [5, 5.41) is 3.08. The number of nitrogens with zero attached hydrogens (tertiary/aromatic N) is 3. The molecule has 3 rings (SSSR count). The number of rotatable bonds is 5. The zero-order valence-electron chi connectivity index (χ0n) is 14.8. The highest BCUT2D eigenvalue weighted by Gasteiger charge is 2.41. The highest BCUT2D eigenvalue weighted by molar-refractivity contribution is 5.67. The minimum absolute atomic E-state index is 0.0292. The number of ether oxygens (including phenoxy) is 1. The number of anilines is 1. The van der Waals surface area contributed by atoms with Crippen LogP contribution in [0.5, 0.6) is 0 Å². The maximum Gasteiger partial charge on any atom is 0.410 e. The molecule has 0 bridgehead atoms. The molecular weight excluding hydrogens is 335 g/mol. The first-order valence-electron chi connectivity index (χ1n) is 8.67. The normalized spacial score (nSPS) is 22.7. The van der Waals surface area contributed by atoms with Crippen LogP contribution >= 0.6 is 0 Å². The number of likely N-dealkylation sites (tertiary alicyclic amines) is 1. The van der Waals surface area contributed by atoms with Crippen LogP contribution in [-0.4, -0.2) is 46.8 Å². The average Bonchev–Trinajstić information content (AvgIpc) is 2.68. The Labute approximate surface area is 152 Å². The van der Waals surface area contributed by atoms with Crippen LogP contribution < -0.4 is 5.32 Å². The summed E-state index contributed by atoms with van der Waals surface area (Å²) in [5.41, 5.74) is 0.321. The molecule has 1 fully saturated rings. The van der Waals surface area contributed by atoms with Gasteiger partial charge >= 0.3 is 6.09 Å². The second-order valence-electron chi connectivity index (χ2n) is 6.78. The minimum Gasteiger partial charge on any atom is -0.445 e. The maximum absolute atomic E-state index is 14.8. The quantitative estimate of drug-likeness (QED) is 0.888. The van der Waals surface area contributed by atoms with Crippen molar-refractivity contribution in [1.82, 2.24) is 14.9 Å². The SMILES string of the molecule is CC1(CNc2ncccn2)CCN(C(=O)OCc2ccccc2)C[C@H]1F. The van der Waals surface area contributed by atoms with Crippen molar-refractivity contribution in [3.63, 3.8) is 0 Å². The third-order valence-corrected chi connectivity index (χ3v) is 4.77. The number of carbonyl (C=O) groups is 1. The van der Waals surface area contributed by atoms with E-state index in [9.17, 15) is 9.18 Å². The summed E-state index contributed by atoms with van der Waals surface area (Å²) in [5.74, 6) is 0.477. The van der Waals surface area contributed by atoms with E-state index in [2.05, 4.69) is 15.3 Å². The summed E-state index contributed by atoms with van der Waals surface area (Å²) in [6, 6.07) is 11.2. The molecule has 1 aromatic carbocycles. The Morgan fingerprint density at radius 2 is 2.04 bits per heavy atom. The van der Waals surface area contributed by atoms with E-state index in [0.717, 1.165) is 5.56 Å². The van der Waals surface area contributed by atoms with Crippen molar-refractivity contribution in [2.75, 3.05) is 25.0 Å². The first kappa shape index (κ1) is 18.1. The second-order valence-corrected chi connectivity index (χ2v) is 6.78. The van der Waals surface area contributed by atoms with Crippen molar-refractivity contribution in [3.8, 4) is 0 Å². The van der Waals surface area contributed by atoms with Gasteiger partial charge in [-0.2, -0.15) is 0 Å². The van der Waals surface area contributed by atoms with Gasteiger partial charge in [-0.1, -0.05) is 37.3 Å². The van der Waals surface area contributed by atoms with Gasteiger partial charge in [0.1, 0.15) is 12.8 Å². The fraction of sp³-hybridized carbons (Fsp3) is 0.421. The van der Waals surface area contributed by atoms with Crippen molar-refractivity contribution in [2.45, 2.75) is 26.1 Å². The van der Waals surface area contributed by atoms with Crippen LogP contribution in [0.1, 0.15) is 18.9 Å². The summed E-state index contributed by atoms with van der Waals surface area (Å²) in [7, 11) is 0. The highest BCUT2D eigenvalue weighted by Crippen LogP contribution is 2.33. The standard InChI is InChI=1S/C19H23FN4O2/c1-19(14-23-17-21-9-5-10-22-17)8-11-24(12-16(19)20)18(25)26-13-15-6-3-2-4-7-15/h2-7,9-10,16H,8,11-14H2,1H3,(H,21,22,23)/t16-,19?/m1/s1. The summed E-state index contributed by atoms with van der Waals surface area (Å²) in [6.45, 7) is 2.96. The van der Waals surface area contributed by atoms with E-state index in [-0.39, 0.29) is 13.2 Å². The number of alkyl halides is 1. The van der Waals surface area contributed by atoms with Crippen LogP contribution in [0.25, 0.3) is 0 Å². The fourth-order valence-electron chi connectivity index (χ4n) is 2.90. The number of piperidine rings is 1. The van der Waals surface area contributed by atoms with Gasteiger partial charge in [0.05, 0.1) is 6.54 Å². The lowest BCUT2D eigenvalue weighted by molar-refractivity contribution is 0.0177. The van der Waals surface area contributed by atoms with Crippen LogP contribution in [0.2, 0.25) is 0 Å². The number of halogens is 1. The lowest BCUT2D eigenvalue weighted by Gasteiger charge is -2.41. The van der Waals surface area contributed by atoms with Crippen molar-refractivity contribution in [1.29, 1.82) is 0 Å². The van der Waals surface area contributed by atoms with Gasteiger partial charge in [-0.3, -0.25) is 0 Å². The molecule has 2 heterocycles. The van der Waals surface area contributed by atoms with Gasteiger partial charge in [-0.15, -0.1) is 0 Å². The van der Waals surface area contributed by atoms with E-state index in [1.54, 1.807) is 18.5 Å². The van der Waals surface area contributed by atoms with E-state index in [0.29, 0.717) is 25.5 Å². The number of carbonyl (C=O) groups excluding carboxylic acids is 1. The maximum atomic E-state index is 14.8. The van der Waals surface area contributed by atoms with Crippen molar-refractivity contribution >= 4 is 12.0 Å². The first-order valence-corrected chi connectivity index (χ1v) is 8.67. The number of nitrogens with one attached hydrogen (secondary N) is 1. The zero-order valence-corrected chi connectivity index (χ0v) is 14.8. The molecule has 0 aliphatic carbocycles. The van der Waals surface area contributed by atoms with Gasteiger partial charge in [0, 0.05) is 30.9 Å². The van der Waals surface area contributed by atoms with Crippen molar-refractivity contribution in [2.24, 2.45) is 5.41 Å². The molecule has 1 saturated heterocycles. The molecule has 0 saturated carbocycles. The Morgan fingerprint density at radius 1 is 1.31 bits per heavy atom. The summed E-state index contributed by atoms with van der Waals surface area (Å²) in [4.78, 5) is 21.8.